The van der Waals surface area contributed by atoms with E-state index in [4.69, 9.17) is 48.9 Å². The van der Waals surface area contributed by atoms with Crippen LogP contribution in [0.3, 0.4) is 0 Å². The van der Waals surface area contributed by atoms with Gasteiger partial charge in [0.15, 0.2) is 0 Å². The van der Waals surface area contributed by atoms with Crippen molar-refractivity contribution in [1.82, 2.24) is 0 Å². The van der Waals surface area contributed by atoms with E-state index in [1.54, 1.807) is 0 Å². The summed E-state index contributed by atoms with van der Waals surface area (Å²) in [6, 6.07) is 0. The molecule has 0 aliphatic heterocycles. The first-order valence-corrected chi connectivity index (χ1v) is 6.46. The van der Waals surface area contributed by atoms with Crippen LogP contribution in [0.15, 0.2) is 0 Å². The zero-order valence-corrected chi connectivity index (χ0v) is 10.9. The fourth-order valence-corrected chi connectivity index (χ4v) is 3.21. The van der Waals surface area contributed by atoms with E-state index in [9.17, 15) is 0 Å². The minimum absolute atomic E-state index is 0.401. The zero-order valence-electron chi connectivity index (χ0n) is 7.67. The van der Waals surface area contributed by atoms with Crippen molar-refractivity contribution < 1.29 is 0 Å². The summed E-state index contributed by atoms with van der Waals surface area (Å²) in [5.74, 6) is 1.60. The van der Waals surface area contributed by atoms with Gasteiger partial charge in [-0.15, -0.1) is 0 Å². The van der Waals surface area contributed by atoms with Gasteiger partial charge in [-0.2, -0.15) is 0 Å². The molecule has 4 unspecified atom stereocenters. The van der Waals surface area contributed by atoms with Crippen LogP contribution in [0.2, 0.25) is 0 Å². The first-order valence-electron chi connectivity index (χ1n) is 4.58. The second-order valence-corrected chi connectivity index (χ2v) is 4.76. The third-order valence-corrected chi connectivity index (χ3v) is 4.29. The molecule has 0 aromatic heterocycles. The predicted octanol–water partition coefficient (Wildman–Crippen LogP) is 3.24. The Morgan fingerprint density at radius 1 is 0.571 bits per heavy atom. The molecule has 1 rings (SSSR count). The molecule has 0 heterocycles. The minimum atomic E-state index is 0.401. The van der Waals surface area contributed by atoms with Crippen LogP contribution in [0.4, 0.5) is 0 Å². The molecule has 0 spiro atoms. The second-order valence-electron chi connectivity index (χ2n) is 3.67. The molecule has 0 N–H and O–H groups in total. The number of thiocarbonyl (C=S) groups is 4. The molecule has 76 valence electrons. The Morgan fingerprint density at radius 3 is 0.929 bits per heavy atom. The largest absolute Gasteiger partial charge is 0.0932 e. The summed E-state index contributed by atoms with van der Waals surface area (Å²) in [4.78, 5) is 0. The highest BCUT2D eigenvalue weighted by atomic mass is 32.1. The Bertz CT molecular complexity index is 199. The Morgan fingerprint density at radius 2 is 0.786 bits per heavy atom. The minimum Gasteiger partial charge on any atom is -0.0932 e. The van der Waals surface area contributed by atoms with E-state index in [-0.39, 0.29) is 0 Å². The Balaban J connectivity index is 2.78. The van der Waals surface area contributed by atoms with E-state index in [1.165, 1.54) is 0 Å². The molecule has 1 aliphatic rings. The SMILES string of the molecule is S=CC1CC(C=S)C(C=S)CC1C=S. The quantitative estimate of drug-likeness (QED) is 0.711. The van der Waals surface area contributed by atoms with Crippen molar-refractivity contribution in [3.63, 3.8) is 0 Å². The Labute approximate surface area is 106 Å². The van der Waals surface area contributed by atoms with Gasteiger partial charge in [-0.3, -0.25) is 0 Å². The van der Waals surface area contributed by atoms with Crippen LogP contribution >= 0.6 is 48.9 Å². The lowest BCUT2D eigenvalue weighted by Gasteiger charge is -2.34. The van der Waals surface area contributed by atoms with Crippen molar-refractivity contribution >= 4 is 70.3 Å². The van der Waals surface area contributed by atoms with Crippen LogP contribution in [0.25, 0.3) is 0 Å². The molecule has 0 saturated heterocycles. The molecular formula is C10H12S4. The van der Waals surface area contributed by atoms with Crippen LogP contribution in [-0.2, 0) is 0 Å². The molecule has 4 atom stereocenters. The number of hydrogen-bond acceptors (Lipinski definition) is 4. The van der Waals surface area contributed by atoms with Crippen molar-refractivity contribution in [2.75, 3.05) is 0 Å². The molecule has 1 saturated carbocycles. The van der Waals surface area contributed by atoms with Gasteiger partial charge in [-0.1, -0.05) is 48.9 Å². The van der Waals surface area contributed by atoms with E-state index in [2.05, 4.69) is 0 Å². The lowest BCUT2D eigenvalue weighted by molar-refractivity contribution is 0.308. The summed E-state index contributed by atoms with van der Waals surface area (Å²) in [7, 11) is 0. The van der Waals surface area contributed by atoms with Gasteiger partial charge in [0.25, 0.3) is 0 Å². The fourth-order valence-electron chi connectivity index (χ4n) is 1.95. The van der Waals surface area contributed by atoms with Gasteiger partial charge >= 0.3 is 0 Å². The molecule has 0 aromatic rings. The molecular weight excluding hydrogens is 248 g/mol. The Kier molecular flexibility index (Phi) is 5.38. The molecule has 4 heteroatoms. The van der Waals surface area contributed by atoms with Gasteiger partial charge in [0.2, 0.25) is 0 Å². The standard InChI is InChI=1S/C10H12S4/c11-3-7-1-8(4-12)10(6-14)2-9(7)5-13/h3-10H,1-2H2. The number of rotatable bonds is 4. The highest BCUT2D eigenvalue weighted by Crippen LogP contribution is 2.35. The second kappa shape index (κ2) is 6.05. The lowest BCUT2D eigenvalue weighted by atomic mass is 9.71. The molecule has 0 nitrogen and oxygen atoms in total. The van der Waals surface area contributed by atoms with Crippen molar-refractivity contribution in [2.45, 2.75) is 12.8 Å². The summed E-state index contributed by atoms with van der Waals surface area (Å²) >= 11 is 20.1. The number of hydrogen-bond donors (Lipinski definition) is 0. The Hall–Kier alpha value is 0.360. The van der Waals surface area contributed by atoms with Gasteiger partial charge in [-0.25, -0.2) is 0 Å². The maximum atomic E-state index is 5.02. The fraction of sp³-hybridized carbons (Fsp3) is 0.600. The van der Waals surface area contributed by atoms with Crippen molar-refractivity contribution in [1.29, 1.82) is 0 Å². The van der Waals surface area contributed by atoms with Crippen LogP contribution in [0.5, 0.6) is 0 Å². The molecule has 1 fully saturated rings. The topological polar surface area (TPSA) is 0 Å². The van der Waals surface area contributed by atoms with Gasteiger partial charge < -0.3 is 0 Å². The molecule has 0 aromatic carbocycles. The van der Waals surface area contributed by atoms with Crippen LogP contribution in [0.1, 0.15) is 12.8 Å². The van der Waals surface area contributed by atoms with E-state index in [0.717, 1.165) is 12.8 Å². The van der Waals surface area contributed by atoms with Gasteiger partial charge in [0.1, 0.15) is 0 Å². The molecule has 1 aliphatic carbocycles. The highest BCUT2D eigenvalue weighted by Gasteiger charge is 2.32. The van der Waals surface area contributed by atoms with Gasteiger partial charge in [0, 0.05) is 0 Å². The predicted molar refractivity (Wildman–Crippen MR) is 77.8 cm³/mol. The van der Waals surface area contributed by atoms with E-state index in [1.807, 2.05) is 21.5 Å². The average Bonchev–Trinajstić information content (AvgIpc) is 2.26. The van der Waals surface area contributed by atoms with Crippen LogP contribution in [-0.4, -0.2) is 21.5 Å². The van der Waals surface area contributed by atoms with Crippen LogP contribution in [0, 0.1) is 23.7 Å². The summed E-state index contributed by atoms with van der Waals surface area (Å²) < 4.78 is 0. The molecule has 0 amide bonds. The van der Waals surface area contributed by atoms with E-state index in [0.29, 0.717) is 23.7 Å². The normalized spacial score (nSPS) is 37.1. The average molecular weight is 260 g/mol. The van der Waals surface area contributed by atoms with Gasteiger partial charge in [-0.05, 0) is 58.0 Å². The third-order valence-electron chi connectivity index (χ3n) is 2.89. The third kappa shape index (κ3) is 2.69. The summed E-state index contributed by atoms with van der Waals surface area (Å²) in [5, 5.41) is 7.33. The monoisotopic (exact) mass is 260 g/mol. The summed E-state index contributed by atoms with van der Waals surface area (Å²) in [6.45, 7) is 0. The molecule has 0 bridgehead atoms. The first kappa shape index (κ1) is 12.4. The summed E-state index contributed by atoms with van der Waals surface area (Å²) in [5.41, 5.74) is 0. The zero-order chi connectivity index (χ0) is 10.6. The lowest BCUT2D eigenvalue weighted by Crippen LogP contribution is -2.33. The van der Waals surface area contributed by atoms with Crippen molar-refractivity contribution in [3.05, 3.63) is 0 Å². The van der Waals surface area contributed by atoms with Crippen molar-refractivity contribution in [2.24, 2.45) is 23.7 Å². The maximum Gasteiger partial charge on any atom is -0.00510 e. The van der Waals surface area contributed by atoms with Crippen LogP contribution < -0.4 is 0 Å². The highest BCUT2D eigenvalue weighted by molar-refractivity contribution is 7.79. The van der Waals surface area contributed by atoms with E-state index < -0.39 is 0 Å². The van der Waals surface area contributed by atoms with Crippen molar-refractivity contribution in [3.8, 4) is 0 Å². The molecule has 0 radical (unpaired) electrons. The molecule has 14 heavy (non-hydrogen) atoms. The smallest absolute Gasteiger partial charge is 0.00510 e. The maximum absolute atomic E-state index is 5.02. The van der Waals surface area contributed by atoms with E-state index >= 15 is 0 Å². The summed E-state index contributed by atoms with van der Waals surface area (Å²) in [6.07, 6.45) is 2.01. The van der Waals surface area contributed by atoms with Gasteiger partial charge in [0.05, 0.1) is 0 Å². The first-order chi connectivity index (χ1) is 6.76.